The molecule has 21 heavy (non-hydrogen) atoms. The second-order valence-electron chi connectivity index (χ2n) is 4.55. The molecule has 0 amide bonds. The summed E-state index contributed by atoms with van der Waals surface area (Å²) in [5.74, 6) is -1.62. The SMILES string of the molecule is O=C(CCc1ccccc1)OCC(=O)c1ccccc1F. The molecule has 2 aromatic rings. The molecule has 0 spiro atoms. The number of hydrogen-bond acceptors (Lipinski definition) is 3. The molecular weight excluding hydrogens is 271 g/mol. The average molecular weight is 286 g/mol. The minimum atomic E-state index is -0.608. The van der Waals surface area contributed by atoms with Gasteiger partial charge in [0.15, 0.2) is 6.61 Å². The summed E-state index contributed by atoms with van der Waals surface area (Å²) in [7, 11) is 0. The van der Waals surface area contributed by atoms with Crippen molar-refractivity contribution in [3.8, 4) is 0 Å². The highest BCUT2D eigenvalue weighted by Crippen LogP contribution is 2.08. The number of esters is 1. The summed E-state index contributed by atoms with van der Waals surface area (Å²) in [5, 5.41) is 0. The first kappa shape index (κ1) is 14.9. The van der Waals surface area contributed by atoms with E-state index in [-0.39, 0.29) is 12.0 Å². The van der Waals surface area contributed by atoms with Crippen molar-refractivity contribution in [2.24, 2.45) is 0 Å². The van der Waals surface area contributed by atoms with Gasteiger partial charge < -0.3 is 4.74 Å². The molecule has 2 rings (SSSR count). The lowest BCUT2D eigenvalue weighted by atomic mass is 10.1. The van der Waals surface area contributed by atoms with Gasteiger partial charge in [-0.25, -0.2) is 4.39 Å². The van der Waals surface area contributed by atoms with Crippen molar-refractivity contribution in [2.75, 3.05) is 6.61 Å². The zero-order chi connectivity index (χ0) is 15.1. The minimum Gasteiger partial charge on any atom is -0.457 e. The van der Waals surface area contributed by atoms with Crippen LogP contribution in [0.25, 0.3) is 0 Å². The average Bonchev–Trinajstić information content (AvgIpc) is 2.52. The Morgan fingerprint density at radius 1 is 0.952 bits per heavy atom. The number of rotatable bonds is 6. The first-order valence-electron chi connectivity index (χ1n) is 6.64. The van der Waals surface area contributed by atoms with Gasteiger partial charge in [0, 0.05) is 6.42 Å². The molecule has 0 aliphatic carbocycles. The van der Waals surface area contributed by atoms with Gasteiger partial charge >= 0.3 is 5.97 Å². The first-order chi connectivity index (χ1) is 10.2. The number of benzene rings is 2. The van der Waals surface area contributed by atoms with Crippen LogP contribution < -0.4 is 0 Å². The van der Waals surface area contributed by atoms with Crippen LogP contribution in [0, 0.1) is 5.82 Å². The molecule has 3 nitrogen and oxygen atoms in total. The van der Waals surface area contributed by atoms with Crippen LogP contribution >= 0.6 is 0 Å². The summed E-state index contributed by atoms with van der Waals surface area (Å²) < 4.78 is 18.3. The van der Waals surface area contributed by atoms with Crippen LogP contribution in [-0.4, -0.2) is 18.4 Å². The predicted molar refractivity (Wildman–Crippen MR) is 76.5 cm³/mol. The second kappa shape index (κ2) is 7.33. The Kier molecular flexibility index (Phi) is 5.21. The summed E-state index contributed by atoms with van der Waals surface area (Å²) in [5.41, 5.74) is 0.961. The smallest absolute Gasteiger partial charge is 0.306 e. The van der Waals surface area contributed by atoms with Crippen LogP contribution in [-0.2, 0) is 16.0 Å². The third kappa shape index (κ3) is 4.53. The van der Waals surface area contributed by atoms with E-state index in [4.69, 9.17) is 4.74 Å². The largest absolute Gasteiger partial charge is 0.457 e. The Balaban J connectivity index is 1.79. The van der Waals surface area contributed by atoms with Gasteiger partial charge in [-0.2, -0.15) is 0 Å². The molecule has 0 atom stereocenters. The van der Waals surface area contributed by atoms with E-state index in [9.17, 15) is 14.0 Å². The van der Waals surface area contributed by atoms with Crippen molar-refractivity contribution >= 4 is 11.8 Å². The van der Waals surface area contributed by atoms with Gasteiger partial charge in [-0.1, -0.05) is 42.5 Å². The van der Waals surface area contributed by atoms with Gasteiger partial charge in [0.2, 0.25) is 5.78 Å². The van der Waals surface area contributed by atoms with Crippen molar-refractivity contribution in [1.29, 1.82) is 0 Å². The molecule has 108 valence electrons. The maximum Gasteiger partial charge on any atom is 0.306 e. The monoisotopic (exact) mass is 286 g/mol. The van der Waals surface area contributed by atoms with E-state index in [1.165, 1.54) is 18.2 Å². The molecule has 4 heteroatoms. The number of carbonyl (C=O) groups is 2. The summed E-state index contributed by atoms with van der Waals surface area (Å²) in [6, 6.07) is 15.1. The molecule has 0 saturated heterocycles. The van der Waals surface area contributed by atoms with E-state index in [0.29, 0.717) is 6.42 Å². The molecule has 0 radical (unpaired) electrons. The fraction of sp³-hybridized carbons (Fsp3) is 0.176. The zero-order valence-electron chi connectivity index (χ0n) is 11.4. The highest BCUT2D eigenvalue weighted by molar-refractivity contribution is 5.98. The maximum absolute atomic E-state index is 13.4. The molecule has 0 heterocycles. The van der Waals surface area contributed by atoms with Crippen molar-refractivity contribution in [3.63, 3.8) is 0 Å². The van der Waals surface area contributed by atoms with E-state index in [1.54, 1.807) is 6.07 Å². The molecule has 0 aliphatic rings. The quantitative estimate of drug-likeness (QED) is 0.605. The molecule has 0 aromatic heterocycles. The highest BCUT2D eigenvalue weighted by Gasteiger charge is 2.13. The van der Waals surface area contributed by atoms with Crippen LogP contribution in [0.3, 0.4) is 0 Å². The number of ketones is 1. The van der Waals surface area contributed by atoms with Crippen molar-refractivity contribution in [1.82, 2.24) is 0 Å². The van der Waals surface area contributed by atoms with Gasteiger partial charge in [-0.15, -0.1) is 0 Å². The number of hydrogen-bond donors (Lipinski definition) is 0. The van der Waals surface area contributed by atoms with E-state index < -0.39 is 24.2 Å². The topological polar surface area (TPSA) is 43.4 Å². The Labute approximate surface area is 122 Å². The highest BCUT2D eigenvalue weighted by atomic mass is 19.1. The van der Waals surface area contributed by atoms with Crippen LogP contribution in [0.5, 0.6) is 0 Å². The fourth-order valence-electron chi connectivity index (χ4n) is 1.87. The molecule has 0 aliphatic heterocycles. The minimum absolute atomic E-state index is 0.0617. The van der Waals surface area contributed by atoms with Gasteiger partial charge in [0.05, 0.1) is 5.56 Å². The third-order valence-corrected chi connectivity index (χ3v) is 3.00. The van der Waals surface area contributed by atoms with E-state index in [1.807, 2.05) is 30.3 Å². The molecule has 0 N–H and O–H groups in total. The lowest BCUT2D eigenvalue weighted by molar-refractivity contribution is -0.142. The fourth-order valence-corrected chi connectivity index (χ4v) is 1.87. The summed E-state index contributed by atoms with van der Waals surface area (Å²) in [6.45, 7) is -0.436. The number of ether oxygens (including phenoxy) is 1. The third-order valence-electron chi connectivity index (χ3n) is 3.00. The number of aryl methyl sites for hydroxylation is 1. The van der Waals surface area contributed by atoms with Gasteiger partial charge in [0.25, 0.3) is 0 Å². The second-order valence-corrected chi connectivity index (χ2v) is 4.55. The number of Topliss-reactive ketones (excluding diaryl/α,β-unsaturated/α-hetero) is 1. The molecule has 0 unspecified atom stereocenters. The van der Waals surface area contributed by atoms with Gasteiger partial charge in [0.1, 0.15) is 5.82 Å². The summed E-state index contributed by atoms with van der Waals surface area (Å²) >= 11 is 0. The van der Waals surface area contributed by atoms with Crippen molar-refractivity contribution < 1.29 is 18.7 Å². The van der Waals surface area contributed by atoms with Crippen molar-refractivity contribution in [2.45, 2.75) is 12.8 Å². The molecule has 0 bridgehead atoms. The Hall–Kier alpha value is -2.49. The number of halogens is 1. The molecule has 0 fully saturated rings. The maximum atomic E-state index is 13.4. The van der Waals surface area contributed by atoms with E-state index in [0.717, 1.165) is 5.56 Å². The van der Waals surface area contributed by atoms with Crippen LogP contribution in [0.1, 0.15) is 22.3 Å². The first-order valence-corrected chi connectivity index (χ1v) is 6.64. The van der Waals surface area contributed by atoms with E-state index >= 15 is 0 Å². The summed E-state index contributed by atoms with van der Waals surface area (Å²) in [4.78, 5) is 23.3. The Bertz CT molecular complexity index is 623. The lowest BCUT2D eigenvalue weighted by Crippen LogP contribution is -2.15. The zero-order valence-corrected chi connectivity index (χ0v) is 11.4. The lowest BCUT2D eigenvalue weighted by Gasteiger charge is -2.05. The van der Waals surface area contributed by atoms with Crippen molar-refractivity contribution in [3.05, 3.63) is 71.5 Å². The van der Waals surface area contributed by atoms with Crippen LogP contribution in [0.15, 0.2) is 54.6 Å². The van der Waals surface area contributed by atoms with Crippen LogP contribution in [0.2, 0.25) is 0 Å². The number of carbonyl (C=O) groups excluding carboxylic acids is 2. The molecular formula is C17H15FO3. The van der Waals surface area contributed by atoms with Gasteiger partial charge in [-0.05, 0) is 24.1 Å². The predicted octanol–water partition coefficient (Wildman–Crippen LogP) is 3.18. The Morgan fingerprint density at radius 3 is 2.33 bits per heavy atom. The van der Waals surface area contributed by atoms with Gasteiger partial charge in [-0.3, -0.25) is 9.59 Å². The van der Waals surface area contributed by atoms with E-state index in [2.05, 4.69) is 0 Å². The standard InChI is InChI=1S/C17H15FO3/c18-15-9-5-4-8-14(15)16(19)12-21-17(20)11-10-13-6-2-1-3-7-13/h1-9H,10-12H2. The van der Waals surface area contributed by atoms with Crippen LogP contribution in [0.4, 0.5) is 4.39 Å². The molecule has 0 saturated carbocycles. The normalized spacial score (nSPS) is 10.1. The Morgan fingerprint density at radius 2 is 1.62 bits per heavy atom. The molecule has 2 aromatic carbocycles. The summed E-state index contributed by atoms with van der Waals surface area (Å²) in [6.07, 6.45) is 0.738.